The molecule has 1 amide bonds. The lowest BCUT2D eigenvalue weighted by Gasteiger charge is -2.32. The second-order valence-electron chi connectivity index (χ2n) is 6.49. The Morgan fingerprint density at radius 2 is 2.00 bits per heavy atom. The van der Waals surface area contributed by atoms with Gasteiger partial charge in [-0.2, -0.15) is 5.26 Å². The molecule has 28 heavy (non-hydrogen) atoms. The van der Waals surface area contributed by atoms with Crippen molar-refractivity contribution in [3.8, 4) is 23.2 Å². The number of benzene rings is 2. The number of aromatic amines is 1. The minimum absolute atomic E-state index is 0.00269. The van der Waals surface area contributed by atoms with Crippen LogP contribution >= 0.6 is 11.6 Å². The maximum Gasteiger partial charge on any atom is 0.245 e. The molecule has 3 aromatic rings. The van der Waals surface area contributed by atoms with Gasteiger partial charge in [0.25, 0.3) is 0 Å². The molecule has 2 aliphatic rings. The van der Waals surface area contributed by atoms with E-state index in [9.17, 15) is 10.1 Å². The molecule has 0 fully saturated rings. The number of nitriles is 1. The molecular weight excluding hydrogens is 378 g/mol. The Kier molecular flexibility index (Phi) is 3.29. The molecule has 7 nitrogen and oxygen atoms in total. The molecule has 5 rings (SSSR count). The van der Waals surface area contributed by atoms with E-state index in [0.29, 0.717) is 27.5 Å². The summed E-state index contributed by atoms with van der Waals surface area (Å²) < 4.78 is 5.60. The van der Waals surface area contributed by atoms with Gasteiger partial charge in [-0.05, 0) is 18.2 Å². The van der Waals surface area contributed by atoms with Crippen LogP contribution in [0.1, 0.15) is 11.1 Å². The zero-order valence-electron chi connectivity index (χ0n) is 14.3. The smallest absolute Gasteiger partial charge is 0.245 e. The van der Waals surface area contributed by atoms with Gasteiger partial charge >= 0.3 is 0 Å². The molecule has 1 spiro atoms. The van der Waals surface area contributed by atoms with Gasteiger partial charge in [0.1, 0.15) is 17.1 Å². The molecule has 0 aliphatic carbocycles. The van der Waals surface area contributed by atoms with Gasteiger partial charge in [-0.1, -0.05) is 41.9 Å². The summed E-state index contributed by atoms with van der Waals surface area (Å²) in [6.45, 7) is 0. The lowest BCUT2D eigenvalue weighted by molar-refractivity contribution is -0.118. The van der Waals surface area contributed by atoms with Gasteiger partial charge in [0, 0.05) is 21.8 Å². The third-order valence-electron chi connectivity index (χ3n) is 5.08. The molecule has 4 N–H and O–H groups in total. The van der Waals surface area contributed by atoms with Crippen molar-refractivity contribution in [2.45, 2.75) is 5.41 Å². The molecule has 0 unspecified atom stereocenters. The number of carbonyl (C=O) groups is 1. The standard InChI is InChI=1S/C20H12ClN5O2/c21-11-6-7-14-12(8-11)20(19(27)24-14)13(9-22)17(23)28-18-15(20)16(25-26-18)10-4-2-1-3-5-10/h1-8H,23H2,(H,24,27)(H,25,26)/t20-/m1/s1. The van der Waals surface area contributed by atoms with E-state index in [2.05, 4.69) is 21.6 Å². The molecule has 2 aromatic carbocycles. The lowest BCUT2D eigenvalue weighted by atomic mass is 9.68. The minimum atomic E-state index is -1.51. The topological polar surface area (TPSA) is 117 Å². The van der Waals surface area contributed by atoms with Crippen molar-refractivity contribution in [2.75, 3.05) is 5.32 Å². The first-order valence-electron chi connectivity index (χ1n) is 8.41. The maximum atomic E-state index is 13.4. The molecular formula is C20H12ClN5O2. The minimum Gasteiger partial charge on any atom is -0.420 e. The number of hydrogen-bond acceptors (Lipinski definition) is 5. The second kappa shape index (κ2) is 5.62. The predicted molar refractivity (Wildman–Crippen MR) is 102 cm³/mol. The third-order valence-corrected chi connectivity index (χ3v) is 5.32. The summed E-state index contributed by atoms with van der Waals surface area (Å²) >= 11 is 6.23. The molecule has 0 saturated heterocycles. The van der Waals surface area contributed by atoms with Crippen molar-refractivity contribution in [2.24, 2.45) is 5.73 Å². The normalized spacial score (nSPS) is 19.6. The highest BCUT2D eigenvalue weighted by Gasteiger charge is 2.58. The number of nitrogens with zero attached hydrogens (tertiary/aromatic N) is 2. The van der Waals surface area contributed by atoms with E-state index in [0.717, 1.165) is 5.56 Å². The highest BCUT2D eigenvalue weighted by Crippen LogP contribution is 2.55. The summed E-state index contributed by atoms with van der Waals surface area (Å²) in [6.07, 6.45) is 0. The van der Waals surface area contributed by atoms with Crippen LogP contribution in [0.4, 0.5) is 5.69 Å². The quantitative estimate of drug-likeness (QED) is 0.591. The van der Waals surface area contributed by atoms with E-state index in [1.807, 2.05) is 30.3 Å². The number of hydrogen-bond donors (Lipinski definition) is 3. The molecule has 8 heteroatoms. The average Bonchev–Trinajstić information content (AvgIpc) is 3.23. The number of H-pyrrole nitrogens is 1. The Hall–Kier alpha value is -3.76. The Morgan fingerprint density at radius 3 is 2.75 bits per heavy atom. The number of carbonyl (C=O) groups excluding carboxylic acids is 1. The summed E-state index contributed by atoms with van der Waals surface area (Å²) in [4.78, 5) is 13.4. The Morgan fingerprint density at radius 1 is 1.21 bits per heavy atom. The van der Waals surface area contributed by atoms with Crippen LogP contribution in [-0.4, -0.2) is 16.1 Å². The van der Waals surface area contributed by atoms with Gasteiger partial charge in [-0.15, -0.1) is 5.10 Å². The second-order valence-corrected chi connectivity index (χ2v) is 6.93. The first kappa shape index (κ1) is 16.4. The Balaban J connectivity index is 1.92. The number of nitrogens with one attached hydrogen (secondary N) is 2. The summed E-state index contributed by atoms with van der Waals surface area (Å²) in [5, 5.41) is 20.3. The van der Waals surface area contributed by atoms with Crippen LogP contribution < -0.4 is 15.8 Å². The molecule has 0 saturated carbocycles. The van der Waals surface area contributed by atoms with E-state index < -0.39 is 11.3 Å². The van der Waals surface area contributed by atoms with Crippen LogP contribution in [0.25, 0.3) is 11.3 Å². The highest BCUT2D eigenvalue weighted by molar-refractivity contribution is 6.31. The first-order valence-corrected chi connectivity index (χ1v) is 8.79. The van der Waals surface area contributed by atoms with Gasteiger partial charge in [-0.3, -0.25) is 9.89 Å². The van der Waals surface area contributed by atoms with Crippen LogP contribution in [0.5, 0.6) is 5.88 Å². The molecule has 3 heterocycles. The number of halogens is 1. The molecule has 1 atom stereocenters. The van der Waals surface area contributed by atoms with Crippen molar-refractivity contribution >= 4 is 23.2 Å². The number of fused-ring (bicyclic) bond motifs is 4. The monoisotopic (exact) mass is 389 g/mol. The van der Waals surface area contributed by atoms with E-state index in [4.69, 9.17) is 22.1 Å². The first-order chi connectivity index (χ1) is 13.6. The molecule has 2 aliphatic heterocycles. The highest BCUT2D eigenvalue weighted by atomic mass is 35.5. The SMILES string of the molecule is N#CC1=C(N)Oc2n[nH]c(-c3ccccc3)c2[C@]12C(=O)Nc1ccc(Cl)cc12. The van der Waals surface area contributed by atoms with Crippen LogP contribution in [0, 0.1) is 11.3 Å². The fourth-order valence-corrected chi connectivity index (χ4v) is 4.11. The summed E-state index contributed by atoms with van der Waals surface area (Å²) in [5.41, 5.74) is 7.41. The molecule has 0 bridgehead atoms. The number of aromatic nitrogens is 2. The van der Waals surface area contributed by atoms with Crippen LogP contribution in [0.3, 0.4) is 0 Å². The van der Waals surface area contributed by atoms with Crippen LogP contribution in [0.2, 0.25) is 5.02 Å². The number of ether oxygens (including phenoxy) is 1. The van der Waals surface area contributed by atoms with Crippen LogP contribution in [-0.2, 0) is 10.2 Å². The molecule has 136 valence electrons. The lowest BCUT2D eigenvalue weighted by Crippen LogP contribution is -2.42. The number of amides is 1. The van der Waals surface area contributed by atoms with Crippen molar-refractivity contribution in [3.63, 3.8) is 0 Å². The van der Waals surface area contributed by atoms with Gasteiger partial charge in [0.05, 0.1) is 11.3 Å². The number of nitrogens with two attached hydrogens (primary N) is 1. The van der Waals surface area contributed by atoms with E-state index in [-0.39, 0.29) is 17.3 Å². The fraction of sp³-hybridized carbons (Fsp3) is 0.0500. The van der Waals surface area contributed by atoms with E-state index in [1.165, 1.54) is 0 Å². The number of anilines is 1. The number of rotatable bonds is 1. The van der Waals surface area contributed by atoms with Gasteiger partial charge < -0.3 is 15.8 Å². The molecule has 0 radical (unpaired) electrons. The zero-order valence-corrected chi connectivity index (χ0v) is 15.0. The van der Waals surface area contributed by atoms with Crippen molar-refractivity contribution in [1.29, 1.82) is 5.26 Å². The van der Waals surface area contributed by atoms with Gasteiger partial charge in [0.2, 0.25) is 17.7 Å². The Bertz CT molecular complexity index is 1230. The van der Waals surface area contributed by atoms with Crippen molar-refractivity contribution < 1.29 is 9.53 Å². The summed E-state index contributed by atoms with van der Waals surface area (Å²) in [5.74, 6) is -0.421. The Labute approximate surface area is 164 Å². The van der Waals surface area contributed by atoms with Crippen LogP contribution in [0.15, 0.2) is 60.0 Å². The van der Waals surface area contributed by atoms with Gasteiger partial charge in [0.15, 0.2) is 0 Å². The fourth-order valence-electron chi connectivity index (χ4n) is 3.94. The third kappa shape index (κ3) is 1.92. The summed E-state index contributed by atoms with van der Waals surface area (Å²) in [7, 11) is 0. The van der Waals surface area contributed by atoms with Crippen molar-refractivity contribution in [3.05, 3.63) is 76.1 Å². The van der Waals surface area contributed by atoms with Crippen molar-refractivity contribution in [1.82, 2.24) is 10.2 Å². The predicted octanol–water partition coefficient (Wildman–Crippen LogP) is 3.05. The van der Waals surface area contributed by atoms with E-state index >= 15 is 0 Å². The summed E-state index contributed by atoms with van der Waals surface area (Å²) in [6, 6.07) is 16.5. The maximum absolute atomic E-state index is 13.4. The zero-order chi connectivity index (χ0) is 19.5. The largest absolute Gasteiger partial charge is 0.420 e. The average molecular weight is 390 g/mol. The van der Waals surface area contributed by atoms with E-state index in [1.54, 1.807) is 18.2 Å². The van der Waals surface area contributed by atoms with Gasteiger partial charge in [-0.25, -0.2) is 0 Å². The molecule has 1 aromatic heterocycles.